The van der Waals surface area contributed by atoms with Gasteiger partial charge in [0.2, 0.25) is 11.6 Å². The summed E-state index contributed by atoms with van der Waals surface area (Å²) in [5.41, 5.74) is 4.35. The van der Waals surface area contributed by atoms with Gasteiger partial charge in [0, 0.05) is 5.57 Å². The molecule has 1 heterocycles. The first kappa shape index (κ1) is 18.3. The number of ether oxygens (including phenoxy) is 1. The van der Waals surface area contributed by atoms with Crippen LogP contribution in [-0.4, -0.2) is 17.8 Å². The van der Waals surface area contributed by atoms with Crippen LogP contribution < -0.4 is 10.2 Å². The van der Waals surface area contributed by atoms with E-state index in [2.05, 4.69) is 35.9 Å². The Kier molecular flexibility index (Phi) is 6.35. The van der Waals surface area contributed by atoms with Crippen molar-refractivity contribution in [3.8, 4) is 11.8 Å². The van der Waals surface area contributed by atoms with E-state index in [1.165, 1.54) is 0 Å². The fraction of sp³-hybridized carbons (Fsp3) is 0.316. The first-order valence-electron chi connectivity index (χ1n) is 8.08. The van der Waals surface area contributed by atoms with Gasteiger partial charge >= 0.3 is 0 Å². The van der Waals surface area contributed by atoms with Crippen molar-refractivity contribution in [1.82, 2.24) is 4.98 Å². The van der Waals surface area contributed by atoms with Gasteiger partial charge in [-0.05, 0) is 37.0 Å². The van der Waals surface area contributed by atoms with Crippen LogP contribution in [0, 0.1) is 17.2 Å². The second-order valence-corrected chi connectivity index (χ2v) is 6.06. The van der Waals surface area contributed by atoms with Gasteiger partial charge in [0.25, 0.3) is 5.88 Å². The van der Waals surface area contributed by atoms with Gasteiger partial charge in [0.1, 0.15) is 11.8 Å². The molecule has 0 spiro atoms. The molecular formula is C19H22N4O2. The van der Waals surface area contributed by atoms with Crippen LogP contribution in [0.2, 0.25) is 0 Å². The van der Waals surface area contributed by atoms with E-state index in [4.69, 9.17) is 14.4 Å². The summed E-state index contributed by atoms with van der Waals surface area (Å²) >= 11 is 0. The third kappa shape index (κ3) is 5.50. The zero-order valence-corrected chi connectivity index (χ0v) is 14.7. The van der Waals surface area contributed by atoms with Crippen LogP contribution in [0.15, 0.2) is 40.4 Å². The summed E-state index contributed by atoms with van der Waals surface area (Å²) in [5, 5.41) is 13.2. The molecule has 130 valence electrons. The predicted octanol–water partition coefficient (Wildman–Crippen LogP) is 4.45. The maximum atomic E-state index is 9.08. The smallest absolute Gasteiger partial charge is 0.252 e. The van der Waals surface area contributed by atoms with Crippen LogP contribution in [0.25, 0.3) is 5.57 Å². The van der Waals surface area contributed by atoms with E-state index >= 15 is 0 Å². The number of benzene rings is 1. The first-order chi connectivity index (χ1) is 12.0. The Labute approximate surface area is 147 Å². The molecule has 6 heteroatoms. The molecule has 0 amide bonds. The van der Waals surface area contributed by atoms with Gasteiger partial charge in [-0.25, -0.2) is 5.43 Å². The fourth-order valence-corrected chi connectivity index (χ4v) is 1.92. The van der Waals surface area contributed by atoms with E-state index in [-0.39, 0.29) is 11.6 Å². The average molecular weight is 338 g/mol. The minimum Gasteiger partial charge on any atom is -0.494 e. The monoisotopic (exact) mass is 338 g/mol. The van der Waals surface area contributed by atoms with E-state index in [0.29, 0.717) is 24.0 Å². The Morgan fingerprint density at radius 3 is 3.00 bits per heavy atom. The highest BCUT2D eigenvalue weighted by atomic mass is 16.5. The molecule has 0 aliphatic carbocycles. The lowest BCUT2D eigenvalue weighted by molar-refractivity contribution is 0.289. The number of anilines is 1. The zero-order valence-electron chi connectivity index (χ0n) is 14.7. The first-order valence-corrected chi connectivity index (χ1v) is 8.08. The standard InChI is InChI=1S/C19H22N4O2/c1-13(2)8-9-24-16-7-5-6-15(10-16)12-21-23-19-17(11-20)22-18(25-19)14(3)4/h5-7,10,12-13,23H,3,8-9H2,1-2,4H3/b21-12-. The molecule has 0 aliphatic heterocycles. The van der Waals surface area contributed by atoms with Crippen molar-refractivity contribution >= 4 is 17.7 Å². The molecule has 0 aliphatic rings. The third-order valence-corrected chi connectivity index (χ3v) is 3.30. The number of rotatable bonds is 8. The molecule has 0 fully saturated rings. The van der Waals surface area contributed by atoms with Gasteiger partial charge in [-0.1, -0.05) is 32.6 Å². The quantitative estimate of drug-likeness (QED) is 0.568. The zero-order chi connectivity index (χ0) is 18.2. The van der Waals surface area contributed by atoms with Crippen molar-refractivity contribution < 1.29 is 9.15 Å². The van der Waals surface area contributed by atoms with E-state index in [0.717, 1.165) is 17.7 Å². The van der Waals surface area contributed by atoms with Gasteiger partial charge < -0.3 is 9.15 Å². The number of nitriles is 1. The number of nitrogens with one attached hydrogen (secondary N) is 1. The van der Waals surface area contributed by atoms with Crippen LogP contribution in [0.4, 0.5) is 5.88 Å². The SMILES string of the molecule is C=C(C)c1nc(C#N)c(N/N=C\c2cccc(OCCC(C)C)c2)o1. The van der Waals surface area contributed by atoms with Crippen LogP contribution in [-0.2, 0) is 0 Å². The molecule has 1 aromatic heterocycles. The van der Waals surface area contributed by atoms with Crippen molar-refractivity contribution in [2.45, 2.75) is 27.2 Å². The highest BCUT2D eigenvalue weighted by molar-refractivity contribution is 5.80. The van der Waals surface area contributed by atoms with E-state index in [1.807, 2.05) is 30.3 Å². The molecule has 0 bridgehead atoms. The van der Waals surface area contributed by atoms with Crippen LogP contribution >= 0.6 is 0 Å². The largest absolute Gasteiger partial charge is 0.494 e. The van der Waals surface area contributed by atoms with Crippen molar-refractivity contribution in [2.75, 3.05) is 12.0 Å². The molecule has 0 saturated heterocycles. The number of hydrogen-bond acceptors (Lipinski definition) is 6. The van der Waals surface area contributed by atoms with Crippen molar-refractivity contribution in [3.63, 3.8) is 0 Å². The van der Waals surface area contributed by atoms with Gasteiger partial charge in [0.15, 0.2) is 0 Å². The minimum atomic E-state index is 0.140. The molecule has 1 aromatic carbocycles. The fourth-order valence-electron chi connectivity index (χ4n) is 1.92. The van der Waals surface area contributed by atoms with E-state index in [9.17, 15) is 0 Å². The molecule has 6 nitrogen and oxygen atoms in total. The van der Waals surface area contributed by atoms with Gasteiger partial charge in [-0.15, -0.1) is 0 Å². The minimum absolute atomic E-state index is 0.140. The normalized spacial score (nSPS) is 10.8. The molecule has 0 radical (unpaired) electrons. The van der Waals surface area contributed by atoms with Crippen molar-refractivity contribution in [3.05, 3.63) is 48.0 Å². The Bertz CT molecular complexity index is 800. The Hall–Kier alpha value is -3.07. The molecule has 0 unspecified atom stereocenters. The van der Waals surface area contributed by atoms with Crippen LogP contribution in [0.1, 0.15) is 44.3 Å². The van der Waals surface area contributed by atoms with Crippen molar-refractivity contribution in [2.24, 2.45) is 11.0 Å². The summed E-state index contributed by atoms with van der Waals surface area (Å²) in [6.45, 7) is 10.5. The van der Waals surface area contributed by atoms with E-state index < -0.39 is 0 Å². The summed E-state index contributed by atoms with van der Waals surface area (Å²) in [6, 6.07) is 9.58. The number of oxazole rings is 1. The van der Waals surface area contributed by atoms with Crippen molar-refractivity contribution in [1.29, 1.82) is 5.26 Å². The lowest BCUT2D eigenvalue weighted by Crippen LogP contribution is -2.01. The van der Waals surface area contributed by atoms with Crippen LogP contribution in [0.5, 0.6) is 5.75 Å². The summed E-state index contributed by atoms with van der Waals surface area (Å²) in [4.78, 5) is 4.03. The lowest BCUT2D eigenvalue weighted by atomic mass is 10.1. The average Bonchev–Trinajstić information content (AvgIpc) is 2.98. The Morgan fingerprint density at radius 1 is 1.52 bits per heavy atom. The molecule has 2 aromatic rings. The Morgan fingerprint density at radius 2 is 2.32 bits per heavy atom. The Balaban J connectivity index is 2.00. The summed E-state index contributed by atoms with van der Waals surface area (Å²) in [5.74, 6) is 1.91. The van der Waals surface area contributed by atoms with Gasteiger partial charge in [-0.2, -0.15) is 15.3 Å². The molecule has 2 rings (SSSR count). The number of nitrogens with zero attached hydrogens (tertiary/aromatic N) is 3. The summed E-state index contributed by atoms with van der Waals surface area (Å²) in [7, 11) is 0. The highest BCUT2D eigenvalue weighted by Gasteiger charge is 2.12. The second-order valence-electron chi connectivity index (χ2n) is 6.06. The molecular weight excluding hydrogens is 316 g/mol. The van der Waals surface area contributed by atoms with Gasteiger partial charge in [0.05, 0.1) is 12.8 Å². The maximum Gasteiger partial charge on any atom is 0.252 e. The molecule has 0 saturated carbocycles. The maximum absolute atomic E-state index is 9.08. The highest BCUT2D eigenvalue weighted by Crippen LogP contribution is 2.21. The molecule has 0 atom stereocenters. The van der Waals surface area contributed by atoms with E-state index in [1.54, 1.807) is 13.1 Å². The molecule has 25 heavy (non-hydrogen) atoms. The number of hydrazone groups is 1. The predicted molar refractivity (Wildman–Crippen MR) is 98.5 cm³/mol. The third-order valence-electron chi connectivity index (χ3n) is 3.30. The van der Waals surface area contributed by atoms with Crippen LogP contribution in [0.3, 0.4) is 0 Å². The molecule has 1 N–H and O–H groups in total. The topological polar surface area (TPSA) is 83.4 Å². The summed E-state index contributed by atoms with van der Waals surface area (Å²) in [6.07, 6.45) is 2.63. The second kappa shape index (κ2) is 8.69. The summed E-state index contributed by atoms with van der Waals surface area (Å²) < 4.78 is 11.1. The lowest BCUT2D eigenvalue weighted by Gasteiger charge is -2.08. The number of hydrogen-bond donors (Lipinski definition) is 1. The number of allylic oxidation sites excluding steroid dienone is 1. The number of aromatic nitrogens is 1. The van der Waals surface area contributed by atoms with Gasteiger partial charge in [-0.3, -0.25) is 0 Å².